The molecule has 0 saturated carbocycles. The lowest BCUT2D eigenvalue weighted by atomic mass is 9.93. The van der Waals surface area contributed by atoms with Crippen LogP contribution in [0.3, 0.4) is 0 Å². The number of fused-ring (bicyclic) bond motifs is 1. The number of H-pyrrole nitrogens is 1. The van der Waals surface area contributed by atoms with E-state index in [1.54, 1.807) is 34.5 Å². The highest BCUT2D eigenvalue weighted by atomic mass is 16.5. The predicted octanol–water partition coefficient (Wildman–Crippen LogP) is 5.42. The third-order valence-electron chi connectivity index (χ3n) is 5.80. The van der Waals surface area contributed by atoms with Gasteiger partial charge in [-0.05, 0) is 41.2 Å². The average Bonchev–Trinajstić information content (AvgIpc) is 2.80. The van der Waals surface area contributed by atoms with Crippen molar-refractivity contribution in [2.24, 2.45) is 0 Å². The summed E-state index contributed by atoms with van der Waals surface area (Å²) in [4.78, 5) is 15.8. The molecule has 0 aliphatic rings. The van der Waals surface area contributed by atoms with E-state index < -0.39 is 0 Å². The van der Waals surface area contributed by atoms with E-state index in [1.165, 1.54) is 0 Å². The minimum absolute atomic E-state index is 0.175. The van der Waals surface area contributed by atoms with Crippen LogP contribution in [0.5, 0.6) is 23.0 Å². The first-order valence-corrected chi connectivity index (χ1v) is 11.1. The van der Waals surface area contributed by atoms with E-state index in [0.717, 1.165) is 28.0 Å². The molecule has 0 radical (unpaired) electrons. The van der Waals surface area contributed by atoms with Gasteiger partial charge in [0.1, 0.15) is 5.75 Å². The van der Waals surface area contributed by atoms with Gasteiger partial charge in [-0.15, -0.1) is 0 Å². The predicted molar refractivity (Wildman–Crippen MR) is 133 cm³/mol. The fourth-order valence-electron chi connectivity index (χ4n) is 4.07. The number of pyridine rings is 1. The lowest BCUT2D eigenvalue weighted by Gasteiger charge is -2.21. The van der Waals surface area contributed by atoms with Gasteiger partial charge in [0.25, 0.3) is 5.56 Å². The maximum absolute atomic E-state index is 12.8. The highest BCUT2D eigenvalue weighted by molar-refractivity contribution is 5.90. The Balaban J connectivity index is 2.04. The summed E-state index contributed by atoms with van der Waals surface area (Å²) in [5.41, 5.74) is 4.25. The Bertz CT molecular complexity index is 1170. The molecule has 0 amide bonds. The van der Waals surface area contributed by atoms with Crippen molar-refractivity contribution in [2.75, 3.05) is 33.8 Å². The van der Waals surface area contributed by atoms with Gasteiger partial charge in [-0.2, -0.15) is 0 Å². The number of methoxy groups -OCH3 is 4. The molecule has 0 fully saturated rings. The maximum Gasteiger partial charge on any atom is 0.253 e. The number of rotatable bonds is 9. The van der Waals surface area contributed by atoms with Gasteiger partial charge in [0.2, 0.25) is 5.75 Å². The molecule has 7 heteroatoms. The standard InChI is InChI=1S/C26H34N2O5/c1-14(2)18-10-17(11-19(15(3)4)23(18)31-6)27-13-16-9-20-21(28-26(16)29)12-22(30-5)25(33-8)24(20)32-7/h9-12,14-15,27H,13H2,1-8H3,(H,28,29). The lowest BCUT2D eigenvalue weighted by Crippen LogP contribution is -2.16. The van der Waals surface area contributed by atoms with E-state index in [4.69, 9.17) is 18.9 Å². The lowest BCUT2D eigenvalue weighted by molar-refractivity contribution is 0.327. The molecule has 3 aromatic rings. The Morgan fingerprint density at radius 3 is 1.85 bits per heavy atom. The Hall–Kier alpha value is -3.35. The van der Waals surface area contributed by atoms with E-state index in [2.05, 4.69) is 50.1 Å². The Kier molecular flexibility index (Phi) is 7.41. The van der Waals surface area contributed by atoms with E-state index >= 15 is 0 Å². The van der Waals surface area contributed by atoms with Crippen LogP contribution < -0.4 is 29.8 Å². The highest BCUT2D eigenvalue weighted by Gasteiger charge is 2.19. The molecule has 2 N–H and O–H groups in total. The first-order valence-electron chi connectivity index (χ1n) is 11.1. The van der Waals surface area contributed by atoms with E-state index in [1.807, 2.05) is 6.07 Å². The minimum atomic E-state index is -0.175. The Morgan fingerprint density at radius 2 is 1.36 bits per heavy atom. The second kappa shape index (κ2) is 10.1. The molecule has 1 heterocycles. The van der Waals surface area contributed by atoms with Gasteiger partial charge in [0.05, 0.1) is 34.0 Å². The molecule has 1 aromatic heterocycles. The number of aromatic nitrogens is 1. The molecule has 0 bridgehead atoms. The second-order valence-electron chi connectivity index (χ2n) is 8.58. The first-order chi connectivity index (χ1) is 15.7. The summed E-state index contributed by atoms with van der Waals surface area (Å²) in [6.45, 7) is 8.94. The normalized spacial score (nSPS) is 11.2. The van der Waals surface area contributed by atoms with Crippen LogP contribution in [0.25, 0.3) is 10.9 Å². The van der Waals surface area contributed by atoms with Crippen molar-refractivity contribution in [3.63, 3.8) is 0 Å². The fourth-order valence-corrected chi connectivity index (χ4v) is 4.07. The summed E-state index contributed by atoms with van der Waals surface area (Å²) in [6, 6.07) is 7.76. The summed E-state index contributed by atoms with van der Waals surface area (Å²) in [5.74, 6) is 3.02. The van der Waals surface area contributed by atoms with Gasteiger partial charge < -0.3 is 29.2 Å². The van der Waals surface area contributed by atoms with Gasteiger partial charge in [0, 0.05) is 29.2 Å². The van der Waals surface area contributed by atoms with Crippen molar-refractivity contribution in [2.45, 2.75) is 46.1 Å². The average molecular weight is 455 g/mol. The number of hydrogen-bond donors (Lipinski definition) is 2. The molecule has 3 rings (SSSR count). The third kappa shape index (κ3) is 4.72. The Morgan fingerprint density at radius 1 is 0.788 bits per heavy atom. The van der Waals surface area contributed by atoms with Gasteiger partial charge in [0.15, 0.2) is 11.5 Å². The fraction of sp³-hybridized carbons (Fsp3) is 0.423. The zero-order chi connectivity index (χ0) is 24.3. The van der Waals surface area contributed by atoms with E-state index in [0.29, 0.717) is 46.7 Å². The van der Waals surface area contributed by atoms with E-state index in [9.17, 15) is 4.79 Å². The molecule has 0 aliphatic heterocycles. The van der Waals surface area contributed by atoms with Crippen LogP contribution in [0.1, 0.15) is 56.2 Å². The number of ether oxygens (including phenoxy) is 4. The summed E-state index contributed by atoms with van der Waals surface area (Å²) in [6.07, 6.45) is 0. The van der Waals surface area contributed by atoms with Crippen molar-refractivity contribution in [3.05, 3.63) is 51.3 Å². The zero-order valence-electron chi connectivity index (χ0n) is 20.7. The van der Waals surface area contributed by atoms with Crippen molar-refractivity contribution in [3.8, 4) is 23.0 Å². The number of benzene rings is 2. The smallest absolute Gasteiger partial charge is 0.253 e. The molecule has 178 valence electrons. The highest BCUT2D eigenvalue weighted by Crippen LogP contribution is 2.42. The van der Waals surface area contributed by atoms with Gasteiger partial charge in [-0.3, -0.25) is 4.79 Å². The molecule has 2 aromatic carbocycles. The van der Waals surface area contributed by atoms with Gasteiger partial charge in [-0.25, -0.2) is 0 Å². The summed E-state index contributed by atoms with van der Waals surface area (Å²) in [7, 11) is 6.39. The minimum Gasteiger partial charge on any atom is -0.496 e. The van der Waals surface area contributed by atoms with Crippen LogP contribution in [-0.2, 0) is 6.54 Å². The molecule has 0 aliphatic carbocycles. The SMILES string of the molecule is COc1cc2[nH]c(=O)c(CNc3cc(C(C)C)c(OC)c(C(C)C)c3)cc2c(OC)c1OC. The Labute approximate surface area is 195 Å². The molecule has 0 atom stereocenters. The van der Waals surface area contributed by atoms with Gasteiger partial charge in [-0.1, -0.05) is 27.7 Å². The third-order valence-corrected chi connectivity index (χ3v) is 5.80. The number of hydrogen-bond acceptors (Lipinski definition) is 6. The zero-order valence-corrected chi connectivity index (χ0v) is 20.7. The van der Waals surface area contributed by atoms with E-state index in [-0.39, 0.29) is 5.56 Å². The molecule has 0 spiro atoms. The molecule has 0 saturated heterocycles. The van der Waals surface area contributed by atoms with Gasteiger partial charge >= 0.3 is 0 Å². The summed E-state index contributed by atoms with van der Waals surface area (Å²) in [5, 5.41) is 4.17. The summed E-state index contributed by atoms with van der Waals surface area (Å²) < 4.78 is 22.2. The number of aromatic amines is 1. The molecular weight excluding hydrogens is 420 g/mol. The van der Waals surface area contributed by atoms with Crippen LogP contribution >= 0.6 is 0 Å². The van der Waals surface area contributed by atoms with Crippen molar-refractivity contribution in [1.29, 1.82) is 0 Å². The second-order valence-corrected chi connectivity index (χ2v) is 8.58. The van der Waals surface area contributed by atoms with Crippen molar-refractivity contribution >= 4 is 16.6 Å². The van der Waals surface area contributed by atoms with Crippen molar-refractivity contribution < 1.29 is 18.9 Å². The van der Waals surface area contributed by atoms with Crippen LogP contribution in [0.2, 0.25) is 0 Å². The van der Waals surface area contributed by atoms with Crippen LogP contribution in [0.15, 0.2) is 29.1 Å². The summed E-state index contributed by atoms with van der Waals surface area (Å²) >= 11 is 0. The monoisotopic (exact) mass is 454 g/mol. The van der Waals surface area contributed by atoms with Crippen molar-refractivity contribution in [1.82, 2.24) is 4.98 Å². The maximum atomic E-state index is 12.8. The van der Waals surface area contributed by atoms with Crippen LogP contribution in [-0.4, -0.2) is 33.4 Å². The molecule has 7 nitrogen and oxygen atoms in total. The quantitative estimate of drug-likeness (QED) is 0.449. The largest absolute Gasteiger partial charge is 0.496 e. The van der Waals surface area contributed by atoms with Crippen LogP contribution in [0.4, 0.5) is 5.69 Å². The number of nitrogens with one attached hydrogen (secondary N) is 2. The molecule has 33 heavy (non-hydrogen) atoms. The number of anilines is 1. The topological polar surface area (TPSA) is 81.8 Å². The van der Waals surface area contributed by atoms with Crippen LogP contribution in [0, 0.1) is 0 Å². The molecular formula is C26H34N2O5. The first kappa shape index (κ1) is 24.3. The molecule has 0 unspecified atom stereocenters.